The third-order valence-electron chi connectivity index (χ3n) is 4.34. The molecule has 1 amide bonds. The normalized spacial score (nSPS) is 17.4. The fourth-order valence-electron chi connectivity index (χ4n) is 3.16. The smallest absolute Gasteiger partial charge is 0.254 e. The number of rotatable bonds is 3. The van der Waals surface area contributed by atoms with E-state index in [2.05, 4.69) is 15.2 Å². The van der Waals surface area contributed by atoms with Gasteiger partial charge in [-0.2, -0.15) is 0 Å². The maximum Gasteiger partial charge on any atom is 0.254 e. The lowest BCUT2D eigenvalue weighted by atomic mass is 10.1. The molecule has 1 aliphatic heterocycles. The van der Waals surface area contributed by atoms with Crippen molar-refractivity contribution in [1.82, 2.24) is 24.6 Å². The van der Waals surface area contributed by atoms with Crippen LogP contribution in [0.3, 0.4) is 0 Å². The molecule has 0 saturated carbocycles. The number of likely N-dealkylation sites (tertiary alicyclic amines) is 1. The van der Waals surface area contributed by atoms with Crippen LogP contribution in [0.25, 0.3) is 11.5 Å². The van der Waals surface area contributed by atoms with Gasteiger partial charge in [-0.25, -0.2) is 0 Å². The number of aryl methyl sites for hydroxylation is 1. The molecule has 7 nitrogen and oxygen atoms in total. The van der Waals surface area contributed by atoms with E-state index in [1.807, 2.05) is 22.6 Å². The summed E-state index contributed by atoms with van der Waals surface area (Å²) < 4.78 is 7.24. The maximum atomic E-state index is 13.0. The second kappa shape index (κ2) is 5.92. The number of hydrogen-bond donors (Lipinski definition) is 0. The average molecular weight is 323 g/mol. The maximum absolute atomic E-state index is 13.0. The van der Waals surface area contributed by atoms with E-state index in [1.54, 1.807) is 37.0 Å². The van der Waals surface area contributed by atoms with E-state index in [4.69, 9.17) is 4.42 Å². The van der Waals surface area contributed by atoms with Gasteiger partial charge >= 0.3 is 0 Å². The topological polar surface area (TPSA) is 77.1 Å². The highest BCUT2D eigenvalue weighted by Gasteiger charge is 2.33. The Balaban J connectivity index is 1.64. The van der Waals surface area contributed by atoms with Gasteiger partial charge in [-0.05, 0) is 37.1 Å². The lowest BCUT2D eigenvalue weighted by molar-refractivity contribution is 0.0728. The summed E-state index contributed by atoms with van der Waals surface area (Å²) in [7, 11) is 1.90. The molecule has 0 aliphatic carbocycles. The first-order valence-corrected chi connectivity index (χ1v) is 7.89. The van der Waals surface area contributed by atoms with Crippen molar-refractivity contribution >= 4 is 5.91 Å². The van der Waals surface area contributed by atoms with E-state index < -0.39 is 0 Å². The lowest BCUT2D eigenvalue weighted by Gasteiger charge is -2.24. The zero-order valence-corrected chi connectivity index (χ0v) is 13.3. The van der Waals surface area contributed by atoms with Gasteiger partial charge in [0.15, 0.2) is 11.6 Å². The summed E-state index contributed by atoms with van der Waals surface area (Å²) in [6.45, 7) is 0.717. The van der Waals surface area contributed by atoms with Crippen LogP contribution in [0.15, 0.2) is 47.5 Å². The van der Waals surface area contributed by atoms with E-state index in [0.717, 1.165) is 25.2 Å². The molecule has 1 fully saturated rings. The SMILES string of the molecule is Cn1cnnc1C1CCCN1C(=O)c1ccnc(-c2ccco2)c1. The standard InChI is InChI=1S/C17H17N5O2/c1-21-11-19-20-16(21)14-4-2-8-22(14)17(23)12-6-7-18-13(10-12)15-5-3-9-24-15/h3,5-7,9-11,14H,2,4,8H2,1H3. The van der Waals surface area contributed by atoms with E-state index in [-0.39, 0.29) is 11.9 Å². The first kappa shape index (κ1) is 14.6. The van der Waals surface area contributed by atoms with Gasteiger partial charge in [0.05, 0.1) is 12.3 Å². The van der Waals surface area contributed by atoms with Crippen LogP contribution in [0.4, 0.5) is 0 Å². The highest BCUT2D eigenvalue weighted by molar-refractivity contribution is 5.95. The van der Waals surface area contributed by atoms with E-state index in [0.29, 0.717) is 17.0 Å². The average Bonchev–Trinajstić information content (AvgIpc) is 3.35. The highest BCUT2D eigenvalue weighted by Crippen LogP contribution is 2.32. The molecular weight excluding hydrogens is 306 g/mol. The molecule has 3 aromatic heterocycles. The molecule has 0 N–H and O–H groups in total. The molecule has 1 aliphatic rings. The van der Waals surface area contributed by atoms with Gasteiger partial charge in [-0.15, -0.1) is 10.2 Å². The number of nitrogens with zero attached hydrogens (tertiary/aromatic N) is 5. The molecule has 1 unspecified atom stereocenters. The quantitative estimate of drug-likeness (QED) is 0.740. The van der Waals surface area contributed by atoms with Gasteiger partial charge in [-0.3, -0.25) is 9.78 Å². The zero-order valence-electron chi connectivity index (χ0n) is 13.3. The van der Waals surface area contributed by atoms with Gasteiger partial charge < -0.3 is 13.9 Å². The van der Waals surface area contributed by atoms with Gasteiger partial charge in [0, 0.05) is 25.4 Å². The van der Waals surface area contributed by atoms with Gasteiger partial charge in [-0.1, -0.05) is 0 Å². The Hall–Kier alpha value is -2.96. The molecule has 0 aromatic carbocycles. The summed E-state index contributed by atoms with van der Waals surface area (Å²) in [5, 5.41) is 8.11. The first-order chi connectivity index (χ1) is 11.7. The molecule has 1 atom stereocenters. The predicted octanol–water partition coefficient (Wildman–Crippen LogP) is 2.45. The van der Waals surface area contributed by atoms with Crippen molar-refractivity contribution in [2.24, 2.45) is 7.05 Å². The van der Waals surface area contributed by atoms with Crippen LogP contribution in [0.1, 0.15) is 35.1 Å². The Morgan fingerprint density at radius 2 is 2.29 bits per heavy atom. The number of furan rings is 1. The van der Waals surface area contributed by atoms with Crippen molar-refractivity contribution in [3.05, 3.63) is 54.4 Å². The largest absolute Gasteiger partial charge is 0.463 e. The van der Waals surface area contributed by atoms with Gasteiger partial charge in [0.25, 0.3) is 5.91 Å². The van der Waals surface area contributed by atoms with E-state index in [9.17, 15) is 4.79 Å². The molecule has 4 heterocycles. The minimum absolute atomic E-state index is 0.0179. The highest BCUT2D eigenvalue weighted by atomic mass is 16.3. The molecule has 0 bridgehead atoms. The summed E-state index contributed by atoms with van der Waals surface area (Å²) >= 11 is 0. The summed E-state index contributed by atoms with van der Waals surface area (Å²) in [4.78, 5) is 19.1. The molecule has 7 heteroatoms. The molecule has 1 saturated heterocycles. The van der Waals surface area contributed by atoms with Crippen molar-refractivity contribution < 1.29 is 9.21 Å². The molecule has 0 radical (unpaired) electrons. The number of hydrogen-bond acceptors (Lipinski definition) is 5. The molecule has 24 heavy (non-hydrogen) atoms. The van der Waals surface area contributed by atoms with Crippen LogP contribution in [-0.4, -0.2) is 37.1 Å². The fraction of sp³-hybridized carbons (Fsp3) is 0.294. The van der Waals surface area contributed by atoms with E-state index >= 15 is 0 Å². The summed E-state index contributed by atoms with van der Waals surface area (Å²) in [5.74, 6) is 1.45. The summed E-state index contributed by atoms with van der Waals surface area (Å²) in [6, 6.07) is 7.10. The lowest BCUT2D eigenvalue weighted by Crippen LogP contribution is -2.31. The number of amides is 1. The molecule has 3 aromatic rings. The number of aromatic nitrogens is 4. The fourth-order valence-corrected chi connectivity index (χ4v) is 3.16. The van der Waals surface area contributed by atoms with Crippen LogP contribution in [0, 0.1) is 0 Å². The van der Waals surface area contributed by atoms with Crippen molar-refractivity contribution in [2.45, 2.75) is 18.9 Å². The first-order valence-electron chi connectivity index (χ1n) is 7.89. The van der Waals surface area contributed by atoms with Crippen LogP contribution >= 0.6 is 0 Å². The van der Waals surface area contributed by atoms with Crippen molar-refractivity contribution in [3.63, 3.8) is 0 Å². The number of carbonyl (C=O) groups excluding carboxylic acids is 1. The Kier molecular flexibility index (Phi) is 3.60. The summed E-state index contributed by atoms with van der Waals surface area (Å²) in [5.41, 5.74) is 1.26. The van der Waals surface area contributed by atoms with Crippen LogP contribution in [0.2, 0.25) is 0 Å². The third-order valence-corrected chi connectivity index (χ3v) is 4.34. The van der Waals surface area contributed by atoms with Crippen LogP contribution in [-0.2, 0) is 7.05 Å². The van der Waals surface area contributed by atoms with Gasteiger partial charge in [0.2, 0.25) is 0 Å². The number of pyridine rings is 1. The minimum Gasteiger partial charge on any atom is -0.463 e. The Labute approximate surface area is 138 Å². The van der Waals surface area contributed by atoms with Crippen molar-refractivity contribution in [2.75, 3.05) is 6.54 Å². The van der Waals surface area contributed by atoms with E-state index in [1.165, 1.54) is 0 Å². The molecule has 0 spiro atoms. The van der Waals surface area contributed by atoms with Crippen molar-refractivity contribution in [3.8, 4) is 11.5 Å². The Bertz CT molecular complexity index is 856. The molecule has 122 valence electrons. The molecule has 4 rings (SSSR count). The Morgan fingerprint density at radius 3 is 3.04 bits per heavy atom. The van der Waals surface area contributed by atoms with Crippen LogP contribution < -0.4 is 0 Å². The monoisotopic (exact) mass is 323 g/mol. The molecular formula is C17H17N5O2. The second-order valence-electron chi connectivity index (χ2n) is 5.86. The third kappa shape index (κ3) is 2.47. The van der Waals surface area contributed by atoms with Gasteiger partial charge in [0.1, 0.15) is 12.0 Å². The minimum atomic E-state index is -0.0368. The predicted molar refractivity (Wildman–Crippen MR) is 86.0 cm³/mol. The zero-order chi connectivity index (χ0) is 16.5. The van der Waals surface area contributed by atoms with Crippen molar-refractivity contribution in [1.29, 1.82) is 0 Å². The summed E-state index contributed by atoms with van der Waals surface area (Å²) in [6.07, 6.45) is 6.75. The van der Waals surface area contributed by atoms with Crippen LogP contribution in [0.5, 0.6) is 0 Å². The second-order valence-corrected chi connectivity index (χ2v) is 5.86. The number of carbonyl (C=O) groups is 1. The Morgan fingerprint density at radius 1 is 1.38 bits per heavy atom.